The molecule has 7 nitrogen and oxygen atoms in total. The highest BCUT2D eigenvalue weighted by Crippen LogP contribution is 2.35. The summed E-state index contributed by atoms with van der Waals surface area (Å²) in [6.45, 7) is 5.95. The summed E-state index contributed by atoms with van der Waals surface area (Å²) in [4.78, 5) is 40.7. The minimum Gasteiger partial charge on any atom is -0.490 e. The van der Waals surface area contributed by atoms with E-state index in [-0.39, 0.29) is 17.4 Å². The zero-order valence-corrected chi connectivity index (χ0v) is 20.2. The molecule has 0 radical (unpaired) electrons. The minimum atomic E-state index is -0.444. The number of nitrogens with zero attached hydrogens (tertiary/aromatic N) is 2. The van der Waals surface area contributed by atoms with Gasteiger partial charge in [-0.1, -0.05) is 35.9 Å². The predicted molar refractivity (Wildman–Crippen MR) is 132 cm³/mol. The highest BCUT2D eigenvalue weighted by molar-refractivity contribution is 8.18. The Balaban J connectivity index is 1.46. The van der Waals surface area contributed by atoms with Crippen molar-refractivity contribution in [2.24, 2.45) is 0 Å². The van der Waals surface area contributed by atoms with Gasteiger partial charge in [0.2, 0.25) is 5.91 Å². The van der Waals surface area contributed by atoms with Gasteiger partial charge in [-0.2, -0.15) is 0 Å². The van der Waals surface area contributed by atoms with Crippen LogP contribution in [0, 0.1) is 6.92 Å². The van der Waals surface area contributed by atoms with Crippen LogP contribution in [0.4, 0.5) is 4.79 Å². The SMILES string of the molecule is CCOc1cc(/C=C2\SC(=O)N(CC(=O)N3CCCC3)C2=O)ccc1OCc1ccc(C)cc1. The second kappa shape index (κ2) is 10.8. The van der Waals surface area contributed by atoms with Crippen LogP contribution in [0.5, 0.6) is 11.5 Å². The molecule has 0 unspecified atom stereocenters. The highest BCUT2D eigenvalue weighted by Gasteiger charge is 2.37. The number of ether oxygens (including phenoxy) is 2. The summed E-state index contributed by atoms with van der Waals surface area (Å²) in [7, 11) is 0. The molecule has 0 bridgehead atoms. The van der Waals surface area contributed by atoms with Crippen molar-refractivity contribution >= 4 is 34.9 Å². The van der Waals surface area contributed by atoms with Gasteiger partial charge in [0.15, 0.2) is 11.5 Å². The predicted octanol–water partition coefficient (Wildman–Crippen LogP) is 4.63. The molecule has 0 spiro atoms. The fourth-order valence-electron chi connectivity index (χ4n) is 3.84. The lowest BCUT2D eigenvalue weighted by Gasteiger charge is -2.18. The van der Waals surface area contributed by atoms with Crippen LogP contribution in [-0.2, 0) is 16.2 Å². The Hall–Kier alpha value is -3.26. The Morgan fingerprint density at radius 3 is 2.47 bits per heavy atom. The summed E-state index contributed by atoms with van der Waals surface area (Å²) in [5.74, 6) is 0.533. The average Bonchev–Trinajstić information content (AvgIpc) is 3.45. The van der Waals surface area contributed by atoms with E-state index in [0.717, 1.165) is 35.1 Å². The number of aryl methyl sites for hydroxylation is 1. The molecule has 2 heterocycles. The molecule has 2 aromatic rings. The van der Waals surface area contributed by atoms with E-state index in [9.17, 15) is 14.4 Å². The van der Waals surface area contributed by atoms with Crippen molar-refractivity contribution in [2.45, 2.75) is 33.3 Å². The molecular formula is C26H28N2O5S. The summed E-state index contributed by atoms with van der Waals surface area (Å²) < 4.78 is 11.7. The maximum absolute atomic E-state index is 12.8. The molecule has 0 aliphatic carbocycles. The molecule has 3 amide bonds. The number of benzene rings is 2. The molecule has 0 atom stereocenters. The lowest BCUT2D eigenvalue weighted by molar-refractivity contribution is -0.135. The van der Waals surface area contributed by atoms with Crippen LogP contribution < -0.4 is 9.47 Å². The number of carbonyl (C=O) groups excluding carboxylic acids is 3. The molecule has 0 aromatic heterocycles. The number of carbonyl (C=O) groups is 3. The number of hydrogen-bond donors (Lipinski definition) is 0. The van der Waals surface area contributed by atoms with Gasteiger partial charge in [-0.3, -0.25) is 19.3 Å². The monoisotopic (exact) mass is 480 g/mol. The Morgan fingerprint density at radius 1 is 1.03 bits per heavy atom. The maximum atomic E-state index is 12.8. The maximum Gasteiger partial charge on any atom is 0.294 e. The molecule has 34 heavy (non-hydrogen) atoms. The topological polar surface area (TPSA) is 76.2 Å². The molecule has 2 fully saturated rings. The molecule has 2 aliphatic rings. The molecule has 0 saturated carbocycles. The van der Waals surface area contributed by atoms with E-state index in [1.54, 1.807) is 23.1 Å². The van der Waals surface area contributed by atoms with Crippen LogP contribution in [0.3, 0.4) is 0 Å². The van der Waals surface area contributed by atoms with Gasteiger partial charge in [0.05, 0.1) is 11.5 Å². The van der Waals surface area contributed by atoms with E-state index in [0.29, 0.717) is 43.4 Å². The van der Waals surface area contributed by atoms with Crippen molar-refractivity contribution < 1.29 is 23.9 Å². The van der Waals surface area contributed by atoms with E-state index in [2.05, 4.69) is 0 Å². The second-order valence-corrected chi connectivity index (χ2v) is 9.26. The summed E-state index contributed by atoms with van der Waals surface area (Å²) in [6, 6.07) is 13.5. The van der Waals surface area contributed by atoms with Crippen LogP contribution in [0.25, 0.3) is 6.08 Å². The molecule has 2 aromatic carbocycles. The van der Waals surface area contributed by atoms with Crippen LogP contribution in [0.15, 0.2) is 47.4 Å². The van der Waals surface area contributed by atoms with Gasteiger partial charge in [-0.15, -0.1) is 0 Å². The van der Waals surface area contributed by atoms with Gasteiger partial charge in [-0.25, -0.2) is 0 Å². The third kappa shape index (κ3) is 5.62. The van der Waals surface area contributed by atoms with Gasteiger partial charge >= 0.3 is 0 Å². The van der Waals surface area contributed by atoms with E-state index < -0.39 is 11.1 Å². The van der Waals surface area contributed by atoms with Crippen molar-refractivity contribution in [3.63, 3.8) is 0 Å². The minimum absolute atomic E-state index is 0.185. The first kappa shape index (κ1) is 23.9. The van der Waals surface area contributed by atoms with Crippen LogP contribution in [0.2, 0.25) is 0 Å². The van der Waals surface area contributed by atoms with Crippen LogP contribution in [0.1, 0.15) is 36.5 Å². The third-order valence-electron chi connectivity index (χ3n) is 5.71. The number of amides is 3. The van der Waals surface area contributed by atoms with Crippen molar-refractivity contribution in [3.8, 4) is 11.5 Å². The summed E-state index contributed by atoms with van der Waals surface area (Å²) in [5, 5.41) is -0.424. The van der Waals surface area contributed by atoms with E-state index in [1.165, 1.54) is 5.56 Å². The molecule has 2 saturated heterocycles. The Morgan fingerprint density at radius 2 is 1.76 bits per heavy atom. The highest BCUT2D eigenvalue weighted by atomic mass is 32.2. The van der Waals surface area contributed by atoms with Crippen molar-refractivity contribution in [3.05, 3.63) is 64.1 Å². The number of thioether (sulfide) groups is 1. The normalized spacial score (nSPS) is 17.1. The van der Waals surface area contributed by atoms with Gasteiger partial charge in [0.1, 0.15) is 13.2 Å². The molecule has 8 heteroatoms. The van der Waals surface area contributed by atoms with Crippen molar-refractivity contribution in [1.82, 2.24) is 9.80 Å². The lowest BCUT2D eigenvalue weighted by atomic mass is 10.1. The summed E-state index contributed by atoms with van der Waals surface area (Å²) in [5.41, 5.74) is 2.95. The Kier molecular flexibility index (Phi) is 7.57. The third-order valence-corrected chi connectivity index (χ3v) is 6.61. The number of hydrogen-bond acceptors (Lipinski definition) is 6. The van der Waals surface area contributed by atoms with Gasteiger partial charge < -0.3 is 14.4 Å². The smallest absolute Gasteiger partial charge is 0.294 e. The number of rotatable bonds is 8. The molecule has 4 rings (SSSR count). The van der Waals surface area contributed by atoms with Gasteiger partial charge in [-0.05, 0) is 67.8 Å². The summed E-state index contributed by atoms with van der Waals surface area (Å²) in [6.07, 6.45) is 3.57. The zero-order valence-electron chi connectivity index (χ0n) is 19.4. The first-order valence-electron chi connectivity index (χ1n) is 11.4. The second-order valence-electron chi connectivity index (χ2n) is 8.27. The fourth-order valence-corrected chi connectivity index (χ4v) is 4.68. The first-order chi connectivity index (χ1) is 16.4. The van der Waals surface area contributed by atoms with E-state index in [4.69, 9.17) is 9.47 Å². The molecule has 0 N–H and O–H groups in total. The first-order valence-corrected chi connectivity index (χ1v) is 12.2. The number of likely N-dealkylation sites (tertiary alicyclic amines) is 1. The number of imide groups is 1. The largest absolute Gasteiger partial charge is 0.490 e. The summed E-state index contributed by atoms with van der Waals surface area (Å²) >= 11 is 0.849. The molecular weight excluding hydrogens is 452 g/mol. The van der Waals surface area contributed by atoms with Gasteiger partial charge in [0.25, 0.3) is 11.1 Å². The fraction of sp³-hybridized carbons (Fsp3) is 0.346. The molecule has 178 valence electrons. The Bertz CT molecular complexity index is 1110. The molecule has 2 aliphatic heterocycles. The van der Waals surface area contributed by atoms with E-state index >= 15 is 0 Å². The zero-order chi connectivity index (χ0) is 24.1. The van der Waals surface area contributed by atoms with Crippen LogP contribution >= 0.6 is 11.8 Å². The average molecular weight is 481 g/mol. The standard InChI is InChI=1S/C26H28N2O5S/c1-3-32-22-14-20(10-11-21(22)33-17-19-8-6-18(2)7-9-19)15-23-25(30)28(26(31)34-23)16-24(29)27-12-4-5-13-27/h6-11,14-15H,3-5,12-13,16-17H2,1-2H3/b23-15-. The lowest BCUT2D eigenvalue weighted by Crippen LogP contribution is -2.40. The van der Waals surface area contributed by atoms with Crippen molar-refractivity contribution in [2.75, 3.05) is 26.2 Å². The van der Waals surface area contributed by atoms with Gasteiger partial charge in [0, 0.05) is 13.1 Å². The Labute approximate surface area is 203 Å². The van der Waals surface area contributed by atoms with Crippen LogP contribution in [-0.4, -0.2) is 53.1 Å². The van der Waals surface area contributed by atoms with Crippen molar-refractivity contribution in [1.29, 1.82) is 0 Å². The van der Waals surface area contributed by atoms with E-state index in [1.807, 2.05) is 44.2 Å². The quantitative estimate of drug-likeness (QED) is 0.513.